The average Bonchev–Trinajstić information content (AvgIpc) is 3.46. The maximum Gasteiger partial charge on any atom is 0.267 e. The average molecular weight is 544 g/mol. The van der Waals surface area contributed by atoms with E-state index in [4.69, 9.17) is 0 Å². The van der Waals surface area contributed by atoms with E-state index < -0.39 is 46.6 Å². The van der Waals surface area contributed by atoms with Crippen molar-refractivity contribution >= 4 is 52.5 Å². The van der Waals surface area contributed by atoms with Crippen LogP contribution in [-0.2, 0) is 28.8 Å². The van der Waals surface area contributed by atoms with Crippen LogP contribution in [-0.4, -0.2) is 35.4 Å². The first-order chi connectivity index (χ1) is 19.7. The molecule has 0 atom stereocenters. The van der Waals surface area contributed by atoms with Crippen molar-refractivity contribution in [3.05, 3.63) is 124 Å². The molecule has 0 spiro atoms. The van der Waals surface area contributed by atoms with Crippen molar-refractivity contribution in [3.63, 3.8) is 0 Å². The molecule has 0 bridgehead atoms. The van der Waals surface area contributed by atoms with Crippen molar-refractivity contribution in [1.29, 1.82) is 0 Å². The minimum Gasteiger partial charge on any atom is -0.269 e. The first-order valence-corrected chi connectivity index (χ1v) is 12.7. The molecule has 41 heavy (non-hydrogen) atoms. The highest BCUT2D eigenvalue weighted by Crippen LogP contribution is 2.42. The van der Waals surface area contributed by atoms with Gasteiger partial charge in [-0.3, -0.25) is 28.8 Å². The van der Waals surface area contributed by atoms with Crippen LogP contribution in [0.1, 0.15) is 13.8 Å². The Balaban J connectivity index is 1.57. The van der Waals surface area contributed by atoms with Crippen LogP contribution in [0.3, 0.4) is 0 Å². The minimum atomic E-state index is -0.875. The molecule has 0 aromatic heterocycles. The summed E-state index contributed by atoms with van der Waals surface area (Å²) in [7, 11) is 0. The zero-order valence-corrected chi connectivity index (χ0v) is 22.0. The van der Waals surface area contributed by atoms with E-state index >= 15 is 0 Å². The van der Waals surface area contributed by atoms with E-state index in [0.717, 1.165) is 14.7 Å². The fourth-order valence-corrected chi connectivity index (χ4v) is 5.30. The Kier molecular flexibility index (Phi) is 5.92. The molecule has 6 amide bonds. The smallest absolute Gasteiger partial charge is 0.267 e. The lowest BCUT2D eigenvalue weighted by Gasteiger charge is -2.16. The molecular weight excluding hydrogens is 522 g/mol. The van der Waals surface area contributed by atoms with Gasteiger partial charge < -0.3 is 0 Å². The lowest BCUT2D eigenvalue weighted by atomic mass is 9.92. The van der Waals surface area contributed by atoms with Gasteiger partial charge in [0, 0.05) is 11.1 Å². The number of nitrogens with zero attached hydrogens (tertiary/aromatic N) is 3. The highest BCUT2D eigenvalue weighted by molar-refractivity contribution is 6.46. The van der Waals surface area contributed by atoms with Gasteiger partial charge in [0.15, 0.2) is 0 Å². The molecule has 3 aliphatic rings. The van der Waals surface area contributed by atoms with Crippen LogP contribution >= 0.6 is 0 Å². The van der Waals surface area contributed by atoms with Crippen LogP contribution in [0, 0.1) is 0 Å². The van der Waals surface area contributed by atoms with E-state index in [1.807, 2.05) is 0 Å². The lowest BCUT2D eigenvalue weighted by Crippen LogP contribution is -2.34. The number of rotatable bonds is 5. The summed E-state index contributed by atoms with van der Waals surface area (Å²) in [6, 6.07) is 24.4. The van der Waals surface area contributed by atoms with Crippen molar-refractivity contribution in [2.24, 2.45) is 0 Å². The van der Waals surface area contributed by atoms with E-state index in [1.165, 1.54) is 26.0 Å². The van der Waals surface area contributed by atoms with E-state index in [0.29, 0.717) is 0 Å². The van der Waals surface area contributed by atoms with Gasteiger partial charge >= 0.3 is 0 Å². The first kappa shape index (κ1) is 25.6. The van der Waals surface area contributed by atoms with Crippen LogP contribution in [0.5, 0.6) is 0 Å². The van der Waals surface area contributed by atoms with E-state index in [-0.39, 0.29) is 39.4 Å². The quantitative estimate of drug-likeness (QED) is 0.455. The molecule has 9 nitrogen and oxygen atoms in total. The molecule has 9 heteroatoms. The van der Waals surface area contributed by atoms with Crippen molar-refractivity contribution in [2.75, 3.05) is 14.7 Å². The number of carbonyl (C=O) groups is 6. The van der Waals surface area contributed by atoms with Crippen molar-refractivity contribution in [2.45, 2.75) is 13.8 Å². The highest BCUT2D eigenvalue weighted by atomic mass is 16.2. The molecule has 0 aliphatic carbocycles. The molecule has 0 fully saturated rings. The summed E-state index contributed by atoms with van der Waals surface area (Å²) in [6.45, 7) is 2.79. The second-order valence-electron chi connectivity index (χ2n) is 9.59. The van der Waals surface area contributed by atoms with Crippen molar-refractivity contribution in [1.82, 2.24) is 0 Å². The zero-order chi connectivity index (χ0) is 29.0. The Bertz CT molecular complexity index is 1690. The summed E-state index contributed by atoms with van der Waals surface area (Å²) in [6.07, 6.45) is 0. The monoisotopic (exact) mass is 543 g/mol. The van der Waals surface area contributed by atoms with Gasteiger partial charge in [-0.2, -0.15) is 0 Å². The van der Waals surface area contributed by atoms with Crippen molar-refractivity contribution < 1.29 is 28.8 Å². The Hall–Kier alpha value is -5.70. The van der Waals surface area contributed by atoms with Crippen LogP contribution in [0.4, 0.5) is 17.1 Å². The molecule has 0 radical (unpaired) electrons. The van der Waals surface area contributed by atoms with Gasteiger partial charge in [-0.15, -0.1) is 0 Å². The second-order valence-corrected chi connectivity index (χ2v) is 9.59. The Morgan fingerprint density at radius 2 is 0.585 bits per heavy atom. The van der Waals surface area contributed by atoms with Gasteiger partial charge in [0.1, 0.15) is 0 Å². The van der Waals surface area contributed by atoms with Gasteiger partial charge in [0.2, 0.25) is 0 Å². The third kappa shape index (κ3) is 3.70. The van der Waals surface area contributed by atoms with Gasteiger partial charge in [0.05, 0.1) is 39.4 Å². The van der Waals surface area contributed by atoms with Crippen molar-refractivity contribution in [3.8, 4) is 0 Å². The van der Waals surface area contributed by atoms with Crippen LogP contribution in [0.25, 0.3) is 0 Å². The number of para-hydroxylation sites is 3. The molecule has 0 unspecified atom stereocenters. The summed E-state index contributed by atoms with van der Waals surface area (Å²) in [4.78, 5) is 85.2. The molecular formula is C32H21N3O6. The van der Waals surface area contributed by atoms with E-state index in [9.17, 15) is 28.8 Å². The number of carbonyl (C=O) groups excluding carboxylic acids is 6. The summed E-state index contributed by atoms with van der Waals surface area (Å²) >= 11 is 0. The molecule has 3 aromatic rings. The predicted octanol–water partition coefficient (Wildman–Crippen LogP) is 3.64. The third-order valence-electron chi connectivity index (χ3n) is 7.26. The van der Waals surface area contributed by atoms with Gasteiger partial charge in [-0.05, 0) is 50.2 Å². The van der Waals surface area contributed by atoms with E-state index in [1.54, 1.807) is 78.9 Å². The summed E-state index contributed by atoms with van der Waals surface area (Å²) < 4.78 is 0. The summed E-state index contributed by atoms with van der Waals surface area (Å²) in [5.41, 5.74) is -0.692. The topological polar surface area (TPSA) is 112 Å². The fourth-order valence-electron chi connectivity index (χ4n) is 5.30. The number of amides is 6. The Morgan fingerprint density at radius 3 is 0.878 bits per heavy atom. The molecule has 3 aliphatic heterocycles. The molecule has 0 saturated heterocycles. The zero-order valence-electron chi connectivity index (χ0n) is 22.0. The number of benzene rings is 3. The lowest BCUT2D eigenvalue weighted by molar-refractivity contribution is -0.123. The SMILES string of the molecule is CC1=C(C2=C(C3=C(C)C(=O)N(c4ccccc4)C3=O)C(=O)N(c3ccccc3)C2=O)C(=O)N(c2ccccc2)C1=O. The Labute approximate surface area is 234 Å². The summed E-state index contributed by atoms with van der Waals surface area (Å²) in [5, 5.41) is 0. The van der Waals surface area contributed by atoms with Gasteiger partial charge in [-0.25, -0.2) is 14.7 Å². The second kappa shape index (κ2) is 9.49. The standard InChI is InChI=1S/C32H21N3O6/c1-18-23(29(38)33(27(18)36)20-12-6-3-7-13-20)25-26(32(41)35(31(25)40)22-16-10-5-11-17-22)24-19(2)28(37)34(30(24)39)21-14-8-4-9-15-21/h3-17H,1-2H3. The largest absolute Gasteiger partial charge is 0.269 e. The highest BCUT2D eigenvalue weighted by Gasteiger charge is 2.52. The molecule has 200 valence electrons. The molecule has 3 heterocycles. The van der Waals surface area contributed by atoms with Gasteiger partial charge in [-0.1, -0.05) is 54.6 Å². The number of hydrogen-bond donors (Lipinski definition) is 0. The molecule has 0 N–H and O–H groups in total. The third-order valence-corrected chi connectivity index (χ3v) is 7.26. The summed E-state index contributed by atoms with van der Waals surface area (Å²) in [5.74, 6) is -4.69. The fraction of sp³-hybridized carbons (Fsp3) is 0.0625. The number of anilines is 3. The number of hydrogen-bond acceptors (Lipinski definition) is 6. The van der Waals surface area contributed by atoms with Crippen LogP contribution < -0.4 is 14.7 Å². The van der Waals surface area contributed by atoms with Crippen LogP contribution in [0.2, 0.25) is 0 Å². The minimum absolute atomic E-state index is 0.0580. The molecule has 6 rings (SSSR count). The maximum absolute atomic E-state index is 14.1. The van der Waals surface area contributed by atoms with Crippen LogP contribution in [0.15, 0.2) is 124 Å². The first-order valence-electron chi connectivity index (χ1n) is 12.7. The number of imide groups is 3. The Morgan fingerprint density at radius 1 is 0.341 bits per heavy atom. The predicted molar refractivity (Wildman–Crippen MR) is 149 cm³/mol. The van der Waals surface area contributed by atoms with Gasteiger partial charge in [0.25, 0.3) is 35.4 Å². The molecule has 0 saturated carbocycles. The molecule has 3 aromatic carbocycles. The van der Waals surface area contributed by atoms with E-state index in [2.05, 4.69) is 0 Å². The maximum atomic E-state index is 14.1. The normalized spacial score (nSPS) is 17.9.